The third-order valence-corrected chi connectivity index (χ3v) is 3.79. The van der Waals surface area contributed by atoms with E-state index in [0.717, 1.165) is 15.0 Å². The summed E-state index contributed by atoms with van der Waals surface area (Å²) in [6.45, 7) is 0.0646. The van der Waals surface area contributed by atoms with Crippen molar-refractivity contribution in [3.63, 3.8) is 0 Å². The van der Waals surface area contributed by atoms with Crippen LogP contribution in [0.15, 0.2) is 45.3 Å². The van der Waals surface area contributed by atoms with Crippen molar-refractivity contribution >= 4 is 37.8 Å². The molecule has 21 heavy (non-hydrogen) atoms. The molecule has 110 valence electrons. The normalized spacial score (nSPS) is 10.5. The van der Waals surface area contributed by atoms with Gasteiger partial charge < -0.3 is 4.90 Å². The van der Waals surface area contributed by atoms with Crippen LogP contribution in [0.3, 0.4) is 0 Å². The van der Waals surface area contributed by atoms with E-state index in [-0.39, 0.29) is 18.0 Å². The van der Waals surface area contributed by atoms with Crippen LogP contribution in [0.4, 0.5) is 8.78 Å². The summed E-state index contributed by atoms with van der Waals surface area (Å²) in [5, 5.41) is 0. The Bertz CT molecular complexity index is 671. The highest BCUT2D eigenvalue weighted by molar-refractivity contribution is 9.11. The molecule has 0 saturated carbocycles. The standard InChI is InChI=1S/C15H11Br2F2NO/c1-20(8-9-2-3-13(18)7-14(9)19)15(21)10-4-11(16)6-12(17)5-10/h2-7H,8H2,1H3. The first kappa shape index (κ1) is 16.1. The van der Waals surface area contributed by atoms with Crippen LogP contribution in [-0.4, -0.2) is 17.9 Å². The Hall–Kier alpha value is -1.27. The first-order chi connectivity index (χ1) is 9.86. The van der Waals surface area contributed by atoms with Gasteiger partial charge in [0.25, 0.3) is 5.91 Å². The fraction of sp³-hybridized carbons (Fsp3) is 0.133. The van der Waals surface area contributed by atoms with Gasteiger partial charge in [0.1, 0.15) is 11.6 Å². The summed E-state index contributed by atoms with van der Waals surface area (Å²) in [4.78, 5) is 13.7. The molecule has 0 fully saturated rings. The average molecular weight is 419 g/mol. The maximum atomic E-state index is 13.6. The summed E-state index contributed by atoms with van der Waals surface area (Å²) in [6.07, 6.45) is 0. The number of halogens is 4. The number of hydrogen-bond donors (Lipinski definition) is 0. The van der Waals surface area contributed by atoms with Gasteiger partial charge in [-0.05, 0) is 24.3 Å². The van der Waals surface area contributed by atoms with E-state index < -0.39 is 11.6 Å². The second-order valence-electron chi connectivity index (χ2n) is 4.56. The van der Waals surface area contributed by atoms with Gasteiger partial charge in [0.15, 0.2) is 0 Å². The largest absolute Gasteiger partial charge is 0.337 e. The van der Waals surface area contributed by atoms with Crippen LogP contribution >= 0.6 is 31.9 Å². The van der Waals surface area contributed by atoms with E-state index in [2.05, 4.69) is 31.9 Å². The molecule has 1 amide bonds. The molecule has 0 spiro atoms. The minimum atomic E-state index is -0.662. The van der Waals surface area contributed by atoms with E-state index in [1.807, 2.05) is 6.07 Å². The van der Waals surface area contributed by atoms with E-state index in [1.165, 1.54) is 17.0 Å². The molecular weight excluding hydrogens is 408 g/mol. The van der Waals surface area contributed by atoms with Crippen LogP contribution in [0.1, 0.15) is 15.9 Å². The van der Waals surface area contributed by atoms with E-state index in [4.69, 9.17) is 0 Å². The van der Waals surface area contributed by atoms with Gasteiger partial charge in [0.05, 0.1) is 0 Å². The zero-order valence-corrected chi connectivity index (χ0v) is 14.2. The lowest BCUT2D eigenvalue weighted by Crippen LogP contribution is -2.26. The minimum absolute atomic E-state index is 0.0646. The fourth-order valence-electron chi connectivity index (χ4n) is 1.87. The van der Waals surface area contributed by atoms with Crippen molar-refractivity contribution in [3.8, 4) is 0 Å². The lowest BCUT2D eigenvalue weighted by atomic mass is 10.1. The fourth-order valence-corrected chi connectivity index (χ4v) is 3.17. The maximum absolute atomic E-state index is 13.6. The third kappa shape index (κ3) is 4.11. The Labute approximate surface area is 138 Å². The van der Waals surface area contributed by atoms with Crippen molar-refractivity contribution in [2.75, 3.05) is 7.05 Å². The first-order valence-electron chi connectivity index (χ1n) is 6.02. The molecule has 0 aliphatic carbocycles. The van der Waals surface area contributed by atoms with Gasteiger partial charge in [-0.1, -0.05) is 37.9 Å². The molecule has 2 aromatic rings. The lowest BCUT2D eigenvalue weighted by molar-refractivity contribution is 0.0783. The topological polar surface area (TPSA) is 20.3 Å². The maximum Gasteiger partial charge on any atom is 0.253 e. The number of hydrogen-bond acceptors (Lipinski definition) is 1. The highest BCUT2D eigenvalue weighted by Crippen LogP contribution is 2.21. The predicted molar refractivity (Wildman–Crippen MR) is 84.0 cm³/mol. The summed E-state index contributed by atoms with van der Waals surface area (Å²) in [5.74, 6) is -1.55. The molecule has 0 aromatic heterocycles. The van der Waals surface area contributed by atoms with Gasteiger partial charge in [-0.15, -0.1) is 0 Å². The summed E-state index contributed by atoms with van der Waals surface area (Å²) in [6, 6.07) is 8.51. The molecule has 0 aliphatic rings. The Morgan fingerprint density at radius 2 is 1.71 bits per heavy atom. The van der Waals surface area contributed by atoms with E-state index >= 15 is 0 Å². The zero-order chi connectivity index (χ0) is 15.6. The number of amides is 1. The van der Waals surface area contributed by atoms with E-state index in [0.29, 0.717) is 5.56 Å². The van der Waals surface area contributed by atoms with Crippen LogP contribution in [-0.2, 0) is 6.54 Å². The van der Waals surface area contributed by atoms with Crippen LogP contribution < -0.4 is 0 Å². The van der Waals surface area contributed by atoms with E-state index in [9.17, 15) is 13.6 Å². The van der Waals surface area contributed by atoms with Crippen molar-refractivity contribution in [1.82, 2.24) is 4.90 Å². The molecule has 6 heteroatoms. The van der Waals surface area contributed by atoms with Crippen molar-refractivity contribution < 1.29 is 13.6 Å². The highest BCUT2D eigenvalue weighted by atomic mass is 79.9. The molecule has 2 nitrogen and oxygen atoms in total. The summed E-state index contributed by atoms with van der Waals surface area (Å²) in [5.41, 5.74) is 0.739. The summed E-state index contributed by atoms with van der Waals surface area (Å²) in [7, 11) is 1.57. The Balaban J connectivity index is 2.19. The van der Waals surface area contributed by atoms with Crippen LogP contribution in [0.25, 0.3) is 0 Å². The summed E-state index contributed by atoms with van der Waals surface area (Å²) < 4.78 is 28.0. The lowest BCUT2D eigenvalue weighted by Gasteiger charge is -2.18. The molecule has 0 radical (unpaired) electrons. The molecular formula is C15H11Br2F2NO. The molecule has 0 bridgehead atoms. The third-order valence-electron chi connectivity index (χ3n) is 2.88. The van der Waals surface area contributed by atoms with Gasteiger partial charge in [-0.3, -0.25) is 4.79 Å². The Kier molecular flexibility index (Phi) is 5.11. The van der Waals surface area contributed by atoms with Gasteiger partial charge >= 0.3 is 0 Å². The summed E-state index contributed by atoms with van der Waals surface area (Å²) >= 11 is 6.63. The van der Waals surface area contributed by atoms with Gasteiger partial charge in [-0.25, -0.2) is 8.78 Å². The van der Waals surface area contributed by atoms with Gasteiger partial charge in [0, 0.05) is 39.7 Å². The Morgan fingerprint density at radius 1 is 1.10 bits per heavy atom. The zero-order valence-electron chi connectivity index (χ0n) is 11.0. The molecule has 0 atom stereocenters. The number of benzene rings is 2. The SMILES string of the molecule is CN(Cc1ccc(F)cc1F)C(=O)c1cc(Br)cc(Br)c1. The molecule has 2 rings (SSSR count). The van der Waals surface area contributed by atoms with E-state index in [1.54, 1.807) is 19.2 Å². The molecule has 0 unspecified atom stereocenters. The van der Waals surface area contributed by atoms with Gasteiger partial charge in [0.2, 0.25) is 0 Å². The number of carbonyl (C=O) groups is 1. The van der Waals surface area contributed by atoms with Crippen molar-refractivity contribution in [2.24, 2.45) is 0 Å². The van der Waals surface area contributed by atoms with Crippen molar-refractivity contribution in [3.05, 3.63) is 68.1 Å². The van der Waals surface area contributed by atoms with Crippen LogP contribution in [0, 0.1) is 11.6 Å². The monoisotopic (exact) mass is 417 g/mol. The van der Waals surface area contributed by atoms with Crippen LogP contribution in [0.2, 0.25) is 0 Å². The molecule has 2 aromatic carbocycles. The molecule has 0 saturated heterocycles. The molecule has 0 heterocycles. The average Bonchev–Trinajstić information content (AvgIpc) is 2.40. The second kappa shape index (κ2) is 6.66. The highest BCUT2D eigenvalue weighted by Gasteiger charge is 2.15. The number of carbonyl (C=O) groups excluding carboxylic acids is 1. The number of nitrogens with zero attached hydrogens (tertiary/aromatic N) is 1. The molecule has 0 N–H and O–H groups in total. The second-order valence-corrected chi connectivity index (χ2v) is 6.39. The van der Waals surface area contributed by atoms with Crippen molar-refractivity contribution in [2.45, 2.75) is 6.54 Å². The predicted octanol–water partition coefficient (Wildman–Crippen LogP) is 4.76. The molecule has 0 aliphatic heterocycles. The minimum Gasteiger partial charge on any atom is -0.337 e. The Morgan fingerprint density at radius 3 is 2.29 bits per heavy atom. The van der Waals surface area contributed by atoms with Crippen LogP contribution in [0.5, 0.6) is 0 Å². The number of rotatable bonds is 3. The van der Waals surface area contributed by atoms with Gasteiger partial charge in [-0.2, -0.15) is 0 Å². The van der Waals surface area contributed by atoms with Crippen molar-refractivity contribution in [1.29, 1.82) is 0 Å². The smallest absolute Gasteiger partial charge is 0.253 e. The first-order valence-corrected chi connectivity index (χ1v) is 7.61. The quantitative estimate of drug-likeness (QED) is 0.703.